The number of hydrogen-bond acceptors (Lipinski definition) is 31. The van der Waals surface area contributed by atoms with E-state index in [-0.39, 0.29) is 37.1 Å². The van der Waals surface area contributed by atoms with E-state index < -0.39 is 237 Å². The molecule has 0 aliphatic carbocycles. The van der Waals surface area contributed by atoms with E-state index in [1.165, 1.54) is 12.1 Å². The van der Waals surface area contributed by atoms with Gasteiger partial charge in [-0.3, -0.25) is 37.8 Å². The number of anilines is 1. The van der Waals surface area contributed by atoms with Crippen molar-refractivity contribution < 1.29 is 166 Å². The monoisotopic (exact) mass is 1370 g/mol. The summed E-state index contributed by atoms with van der Waals surface area (Å²) < 4.78 is 75.9. The van der Waals surface area contributed by atoms with Gasteiger partial charge in [0.15, 0.2) is 25.2 Å². The zero-order chi connectivity index (χ0) is 68.9. The third kappa shape index (κ3) is 21.9. The summed E-state index contributed by atoms with van der Waals surface area (Å²) in [6.45, 7) is -1.68. The minimum atomic E-state index is -5.21. The Kier molecular flexibility index (Phi) is 29.5. The molecule has 0 spiro atoms. The van der Waals surface area contributed by atoms with E-state index in [0.717, 1.165) is 20.8 Å². The van der Waals surface area contributed by atoms with Crippen LogP contribution >= 0.6 is 15.6 Å². The van der Waals surface area contributed by atoms with E-state index in [0.29, 0.717) is 0 Å². The van der Waals surface area contributed by atoms with Gasteiger partial charge in [0.2, 0.25) is 29.5 Å². The molecule has 41 nitrogen and oxygen atoms in total. The fraction of sp³-hybridized carbons (Fsp3) is 0.755. The second-order valence-corrected chi connectivity index (χ2v) is 24.2. The number of nitrogens with two attached hydrogens (primary N) is 2. The number of hydrogen-bond donors (Lipinski definition) is 23. The first-order valence-electron chi connectivity index (χ1n) is 28.2. The van der Waals surface area contributed by atoms with Gasteiger partial charge in [0.25, 0.3) is 5.91 Å². The molecule has 0 radical (unpaired) electrons. The number of para-hydroxylation sites is 1. The van der Waals surface area contributed by atoms with E-state index in [1.807, 2.05) is 0 Å². The number of aliphatic hydroxyl groups excluding tert-OH is 12. The summed E-state index contributed by atoms with van der Waals surface area (Å²) in [7, 11) is -10.3. The summed E-state index contributed by atoms with van der Waals surface area (Å²) in [6.07, 6.45) is -43.1. The molecule has 0 aromatic heterocycles. The number of ether oxygens (including phenoxy) is 8. The zero-order valence-corrected chi connectivity index (χ0v) is 50.9. The summed E-state index contributed by atoms with van der Waals surface area (Å²) >= 11 is 0. The minimum absolute atomic E-state index is 0.00797. The van der Waals surface area contributed by atoms with Gasteiger partial charge in [-0.05, 0) is 45.2 Å². The second kappa shape index (κ2) is 34.8. The predicted octanol–water partition coefficient (Wildman–Crippen LogP) is -11.5. The van der Waals surface area contributed by atoms with Crippen LogP contribution < -0.4 is 38.1 Å². The molecular weight excluding hydrogens is 1290 g/mol. The van der Waals surface area contributed by atoms with Gasteiger partial charge in [-0.2, -0.15) is 0 Å². The summed E-state index contributed by atoms with van der Waals surface area (Å²) in [5.41, 5.74) is 11.8. The lowest BCUT2D eigenvalue weighted by Gasteiger charge is -2.46. The Morgan fingerprint density at radius 1 is 0.576 bits per heavy atom. The predicted molar refractivity (Wildman–Crippen MR) is 296 cm³/mol. The highest BCUT2D eigenvalue weighted by Gasteiger charge is 2.53. The molecule has 0 saturated carbocycles. The van der Waals surface area contributed by atoms with Crippen LogP contribution in [-0.4, -0.2) is 309 Å². The van der Waals surface area contributed by atoms with Crippen molar-refractivity contribution in [3.05, 3.63) is 29.8 Å². The first-order valence-corrected chi connectivity index (χ1v) is 31.3. The summed E-state index contributed by atoms with van der Waals surface area (Å²) in [5, 5.41) is 139. The SMILES string of the molecule is CC(=O)N[C@H](C(=O)N[C@@H](CCCCNC(=O)c1ccccc1N)C(=O)NCC(=O)N[C@H](C(N)=O)[C@@H](C)O[C@H]1O[C@H](CO[C@H]2O[C@H](COP(=O)(O)O)[C@@H](O)[C@H](O)[C@@H]2O)[C@@H](O)[C@H](O)[C@@H]1O)[C@@H](C)O[C@H]1O[C@H](CO)[C@@H](O)[C@H](O)[C@@H]1O[C@H]1O[C@H](COP(=O)(O)O)[C@@H](O)[C@H](O)[C@@H]1O. The molecule has 6 amide bonds. The summed E-state index contributed by atoms with van der Waals surface area (Å²) in [4.78, 5) is 117. The van der Waals surface area contributed by atoms with Gasteiger partial charge >= 0.3 is 15.6 Å². The molecule has 4 heterocycles. The fourth-order valence-corrected chi connectivity index (χ4v) is 10.3. The van der Waals surface area contributed by atoms with Gasteiger partial charge in [-0.1, -0.05) is 12.1 Å². The number of aliphatic hydroxyl groups is 12. The normalized spacial score (nSPS) is 33.6. The molecule has 0 bridgehead atoms. The molecule has 92 heavy (non-hydrogen) atoms. The molecular formula is C49H81N7O34P2. The van der Waals surface area contributed by atoms with Crippen LogP contribution in [0.15, 0.2) is 24.3 Å². The van der Waals surface area contributed by atoms with E-state index >= 15 is 0 Å². The van der Waals surface area contributed by atoms with Crippen LogP contribution in [0.4, 0.5) is 5.69 Å². The Labute approximate surface area is 521 Å². The maximum atomic E-state index is 14.3. The smallest absolute Gasteiger partial charge is 0.398 e. The van der Waals surface area contributed by atoms with Crippen LogP contribution in [0.25, 0.3) is 0 Å². The molecule has 4 aliphatic rings. The molecule has 4 fully saturated rings. The Balaban J connectivity index is 1.29. The van der Waals surface area contributed by atoms with E-state index in [9.17, 15) is 109 Å². The highest BCUT2D eigenvalue weighted by atomic mass is 31.2. The van der Waals surface area contributed by atoms with Crippen LogP contribution in [-0.2, 0) is 80.0 Å². The Hall–Kier alpha value is -4.74. The number of primary amides is 1. The van der Waals surface area contributed by atoms with Crippen molar-refractivity contribution in [1.82, 2.24) is 26.6 Å². The van der Waals surface area contributed by atoms with Crippen LogP contribution in [0, 0.1) is 0 Å². The molecule has 25 N–H and O–H groups in total. The maximum Gasteiger partial charge on any atom is 0.469 e. The third-order valence-electron chi connectivity index (χ3n) is 14.7. The van der Waals surface area contributed by atoms with Gasteiger partial charge in [-0.25, -0.2) is 9.13 Å². The number of phosphoric acid groups is 2. The average molecular weight is 1370 g/mol. The second-order valence-electron chi connectivity index (χ2n) is 21.7. The van der Waals surface area contributed by atoms with Crippen molar-refractivity contribution in [3.63, 3.8) is 0 Å². The number of phosphoric ester groups is 2. The lowest BCUT2D eigenvalue weighted by Crippen LogP contribution is -2.65. The number of benzene rings is 1. The number of carbonyl (C=O) groups excluding carboxylic acids is 6. The number of amides is 6. The van der Waals surface area contributed by atoms with Crippen LogP contribution in [0.2, 0.25) is 0 Å². The molecule has 1 aromatic rings. The Morgan fingerprint density at radius 2 is 1.07 bits per heavy atom. The van der Waals surface area contributed by atoms with Crippen molar-refractivity contribution >= 4 is 56.8 Å². The quantitative estimate of drug-likeness (QED) is 0.0181. The molecule has 25 atom stereocenters. The van der Waals surface area contributed by atoms with E-state index in [2.05, 4.69) is 35.6 Å². The number of rotatable bonds is 32. The maximum absolute atomic E-state index is 14.3. The van der Waals surface area contributed by atoms with Crippen LogP contribution in [0.1, 0.15) is 50.4 Å². The van der Waals surface area contributed by atoms with E-state index in [1.54, 1.807) is 12.1 Å². The van der Waals surface area contributed by atoms with Crippen molar-refractivity contribution in [1.29, 1.82) is 0 Å². The van der Waals surface area contributed by atoms with Gasteiger partial charge < -0.3 is 157 Å². The largest absolute Gasteiger partial charge is 0.469 e. The highest BCUT2D eigenvalue weighted by molar-refractivity contribution is 7.46. The minimum Gasteiger partial charge on any atom is -0.398 e. The van der Waals surface area contributed by atoms with Crippen LogP contribution in [0.5, 0.6) is 0 Å². The standard InChI is InChI=1S/C49H81N7O34P2/c1-17(84-47-39(69)35(65)31(61)24(88-47)14-81-46-38(68)34(64)32(62)25(87-46)15-82-91(75,76)77)28(42(51)71)56-27(59)12-53-44(73)22(10-6-7-11-52-43(72)20-8-4-5-9-21(20)50)55-45(74)29(54-19(3)58)18(2)85-49-41(37(67)30(60)23(13-57)86-49)90-48-40(70)36(66)33(63)26(89-48)16-83-92(78,79)80/h4-5,8-9,17-18,22-26,28-41,46-49,57,60-70H,6-7,10-16,50H2,1-3H3,(H2,51,71)(H,52,72)(H,53,73)(H,54,58)(H,55,74)(H,56,59)(H2,75,76,77)(H2,78,79,80)/t17-,18-,22+,23-,24-,25-,26-,28+,29+,30-,31-,32-,33-,34+,35+,36+,37+,38+,39+,40+,41+,46+,47+,48-,49+/m1/s1. The van der Waals surface area contributed by atoms with Gasteiger partial charge in [-0.15, -0.1) is 0 Å². The Morgan fingerprint density at radius 3 is 1.61 bits per heavy atom. The average Bonchev–Trinajstić information content (AvgIpc) is 0.833. The van der Waals surface area contributed by atoms with Crippen molar-refractivity contribution in [2.75, 3.05) is 45.3 Å². The molecule has 0 unspecified atom stereocenters. The molecule has 1 aromatic carbocycles. The van der Waals surface area contributed by atoms with Crippen molar-refractivity contribution in [2.24, 2.45) is 5.73 Å². The summed E-state index contributed by atoms with van der Waals surface area (Å²) in [5.74, 6) is -6.17. The first kappa shape index (κ1) is 78.0. The molecule has 5 rings (SSSR count). The summed E-state index contributed by atoms with van der Waals surface area (Å²) in [6, 6.07) is 0.801. The van der Waals surface area contributed by atoms with Crippen molar-refractivity contribution in [3.8, 4) is 0 Å². The Bertz CT molecular complexity index is 2710. The number of nitrogens with one attached hydrogen (secondary N) is 5. The zero-order valence-electron chi connectivity index (χ0n) is 49.2. The van der Waals surface area contributed by atoms with Crippen molar-refractivity contribution in [2.45, 2.75) is 193 Å². The van der Waals surface area contributed by atoms with E-state index in [4.69, 9.17) is 59.1 Å². The molecule has 4 saturated heterocycles. The lowest BCUT2D eigenvalue weighted by atomic mass is 9.97. The number of carbonyl (C=O) groups is 6. The van der Waals surface area contributed by atoms with Gasteiger partial charge in [0.05, 0.1) is 50.7 Å². The molecule has 4 aliphatic heterocycles. The third-order valence-corrected chi connectivity index (χ3v) is 15.7. The highest BCUT2D eigenvalue weighted by Crippen LogP contribution is 2.39. The molecule has 43 heteroatoms. The van der Waals surface area contributed by atoms with Crippen LogP contribution in [0.3, 0.4) is 0 Å². The molecule has 526 valence electrons. The first-order chi connectivity index (χ1) is 42.9. The number of nitrogen functional groups attached to an aromatic ring is 1. The topological polar surface area (TPSA) is 665 Å². The number of unbranched alkanes of at least 4 members (excludes halogenated alkanes) is 1. The fourth-order valence-electron chi connectivity index (χ4n) is 9.66. The lowest BCUT2D eigenvalue weighted by molar-refractivity contribution is -0.371. The van der Waals surface area contributed by atoms with Gasteiger partial charge in [0.1, 0.15) is 116 Å². The van der Waals surface area contributed by atoms with Gasteiger partial charge in [0, 0.05) is 19.2 Å².